The Morgan fingerprint density at radius 3 is 2.56 bits per heavy atom. The average Bonchev–Trinajstić information content (AvgIpc) is 1.94. The molecule has 0 bridgehead atoms. The standard InChI is InChI=1S/C6H12O3/c1-5(8)9-6(2,3)4-7/h7H,4H2,1-3H3/i2D3,3D3. The van der Waals surface area contributed by atoms with Crippen LogP contribution in [0.1, 0.15) is 28.9 Å². The van der Waals surface area contributed by atoms with Crippen LogP contribution in [0.15, 0.2) is 0 Å². The maximum absolute atomic E-state index is 10.7. The maximum Gasteiger partial charge on any atom is 0.303 e. The number of hydrogen-bond donors (Lipinski definition) is 1. The summed E-state index contributed by atoms with van der Waals surface area (Å²) in [5, 5.41) is 8.90. The van der Waals surface area contributed by atoms with Gasteiger partial charge in [0.2, 0.25) is 0 Å². The highest BCUT2D eigenvalue weighted by Crippen LogP contribution is 2.06. The summed E-state index contributed by atoms with van der Waals surface area (Å²) in [7, 11) is 0. The molecule has 0 aromatic heterocycles. The molecule has 0 aliphatic heterocycles. The van der Waals surface area contributed by atoms with Crippen LogP contribution < -0.4 is 0 Å². The Bertz CT molecular complexity index is 228. The van der Waals surface area contributed by atoms with Gasteiger partial charge in [-0.3, -0.25) is 4.79 Å². The first kappa shape index (κ1) is 2.58. The van der Waals surface area contributed by atoms with Gasteiger partial charge in [-0.1, -0.05) is 0 Å². The first-order chi connectivity index (χ1) is 6.48. The summed E-state index contributed by atoms with van der Waals surface area (Å²) >= 11 is 0. The van der Waals surface area contributed by atoms with Crippen LogP contribution in [0.25, 0.3) is 0 Å². The van der Waals surface area contributed by atoms with E-state index in [1.54, 1.807) is 0 Å². The minimum atomic E-state index is -3.13. The van der Waals surface area contributed by atoms with E-state index in [2.05, 4.69) is 4.74 Å². The molecule has 54 valence electrons. The van der Waals surface area contributed by atoms with Crippen molar-refractivity contribution in [3.05, 3.63) is 0 Å². The zero-order valence-corrected chi connectivity index (χ0v) is 4.97. The van der Waals surface area contributed by atoms with E-state index in [-0.39, 0.29) is 0 Å². The largest absolute Gasteiger partial charge is 0.457 e. The third kappa shape index (κ3) is 3.97. The van der Waals surface area contributed by atoms with Gasteiger partial charge in [-0.25, -0.2) is 0 Å². The van der Waals surface area contributed by atoms with E-state index in [4.69, 9.17) is 13.3 Å². The molecule has 0 saturated carbocycles. The minimum Gasteiger partial charge on any atom is -0.457 e. The summed E-state index contributed by atoms with van der Waals surface area (Å²) in [5.41, 5.74) is -2.86. The molecule has 0 atom stereocenters. The molecule has 0 spiro atoms. The Kier molecular flexibility index (Phi) is 0.810. The van der Waals surface area contributed by atoms with Crippen molar-refractivity contribution in [2.75, 3.05) is 6.61 Å². The van der Waals surface area contributed by atoms with Crippen molar-refractivity contribution in [2.45, 2.75) is 26.2 Å². The third-order valence-corrected chi connectivity index (χ3v) is 0.541. The fraction of sp³-hybridized carbons (Fsp3) is 0.833. The third-order valence-electron chi connectivity index (χ3n) is 0.541. The summed E-state index contributed by atoms with van der Waals surface area (Å²) in [4.78, 5) is 10.7. The van der Waals surface area contributed by atoms with E-state index < -0.39 is 31.9 Å². The summed E-state index contributed by atoms with van der Waals surface area (Å²) in [6, 6.07) is 0. The molecule has 3 nitrogen and oxygen atoms in total. The molecule has 0 unspecified atom stereocenters. The topological polar surface area (TPSA) is 46.5 Å². The zero-order valence-electron chi connectivity index (χ0n) is 11.0. The second kappa shape index (κ2) is 2.82. The lowest BCUT2D eigenvalue weighted by Gasteiger charge is -2.20. The van der Waals surface area contributed by atoms with Crippen molar-refractivity contribution in [3.63, 3.8) is 0 Å². The van der Waals surface area contributed by atoms with Crippen molar-refractivity contribution in [3.8, 4) is 0 Å². The van der Waals surface area contributed by atoms with Crippen LogP contribution in [-0.4, -0.2) is 23.3 Å². The van der Waals surface area contributed by atoms with E-state index in [0.29, 0.717) is 0 Å². The van der Waals surface area contributed by atoms with Crippen molar-refractivity contribution in [2.24, 2.45) is 0 Å². The van der Waals surface area contributed by atoms with Gasteiger partial charge in [-0.15, -0.1) is 0 Å². The Hall–Kier alpha value is -0.570. The van der Waals surface area contributed by atoms with Crippen LogP contribution in [0, 0.1) is 0 Å². The lowest BCUT2D eigenvalue weighted by Crippen LogP contribution is -2.30. The van der Waals surface area contributed by atoms with Crippen molar-refractivity contribution >= 4 is 5.97 Å². The van der Waals surface area contributed by atoms with Gasteiger partial charge in [-0.05, 0) is 13.7 Å². The lowest BCUT2D eigenvalue weighted by atomic mass is 10.1. The van der Waals surface area contributed by atoms with Gasteiger partial charge in [0.1, 0.15) is 5.60 Å². The molecule has 0 rings (SSSR count). The lowest BCUT2D eigenvalue weighted by molar-refractivity contribution is -0.157. The smallest absolute Gasteiger partial charge is 0.303 e. The molecule has 0 radical (unpaired) electrons. The molecule has 0 aliphatic rings. The second-order valence-electron chi connectivity index (χ2n) is 1.58. The van der Waals surface area contributed by atoms with Crippen LogP contribution in [0.2, 0.25) is 0 Å². The monoisotopic (exact) mass is 138 g/mol. The van der Waals surface area contributed by atoms with E-state index >= 15 is 0 Å². The van der Waals surface area contributed by atoms with Gasteiger partial charge in [0.15, 0.2) is 0 Å². The highest BCUT2D eigenvalue weighted by molar-refractivity contribution is 5.66. The Balaban J connectivity index is 5.42. The van der Waals surface area contributed by atoms with Gasteiger partial charge in [0, 0.05) is 15.1 Å². The fourth-order valence-electron chi connectivity index (χ4n) is 0.278. The molecule has 3 heteroatoms. The highest BCUT2D eigenvalue weighted by Gasteiger charge is 2.18. The molecule has 0 fully saturated rings. The SMILES string of the molecule is [2H]C([2H])([2H])C(CO)(OC(C)=O)C([2H])([2H])[2H]. The van der Waals surface area contributed by atoms with Crippen LogP contribution in [-0.2, 0) is 9.53 Å². The summed E-state index contributed by atoms with van der Waals surface area (Å²) in [6.07, 6.45) is 0. The van der Waals surface area contributed by atoms with E-state index in [1.165, 1.54) is 0 Å². The second-order valence-corrected chi connectivity index (χ2v) is 1.58. The summed E-state index contributed by atoms with van der Waals surface area (Å²) in [5.74, 6) is -1.07. The summed E-state index contributed by atoms with van der Waals surface area (Å²) in [6.45, 7) is -6.67. The van der Waals surface area contributed by atoms with Crippen LogP contribution in [0.4, 0.5) is 0 Å². The fourth-order valence-corrected chi connectivity index (χ4v) is 0.278. The number of carbonyl (C=O) groups excluding carboxylic acids is 1. The van der Waals surface area contributed by atoms with Crippen molar-refractivity contribution in [1.29, 1.82) is 0 Å². The predicted molar refractivity (Wildman–Crippen MR) is 32.9 cm³/mol. The number of aliphatic hydroxyl groups excluding tert-OH is 1. The van der Waals surface area contributed by atoms with Gasteiger partial charge in [0.05, 0.1) is 6.61 Å². The molecule has 0 aromatic carbocycles. The molecule has 0 heterocycles. The summed E-state index contributed by atoms with van der Waals surface area (Å²) < 4.78 is 46.4. The molecule has 9 heavy (non-hydrogen) atoms. The molecular formula is C6H12O3. The average molecular weight is 138 g/mol. The number of rotatable bonds is 2. The van der Waals surface area contributed by atoms with E-state index in [1.807, 2.05) is 0 Å². The number of carbonyl (C=O) groups is 1. The van der Waals surface area contributed by atoms with E-state index in [0.717, 1.165) is 6.92 Å². The first-order valence-electron chi connectivity index (χ1n) is 5.28. The Labute approximate surface area is 63.1 Å². The Morgan fingerprint density at radius 1 is 1.89 bits per heavy atom. The molecule has 0 aromatic rings. The molecular weight excluding hydrogens is 120 g/mol. The predicted octanol–water partition coefficient (Wildman–Crippen LogP) is 0.320. The quantitative estimate of drug-likeness (QED) is 0.559. The van der Waals surface area contributed by atoms with Crippen LogP contribution >= 0.6 is 0 Å². The highest BCUT2D eigenvalue weighted by atomic mass is 16.6. The number of aliphatic hydroxyl groups is 1. The number of hydrogen-bond acceptors (Lipinski definition) is 3. The Morgan fingerprint density at radius 2 is 2.44 bits per heavy atom. The molecule has 1 N–H and O–H groups in total. The van der Waals surface area contributed by atoms with Crippen LogP contribution in [0.5, 0.6) is 0 Å². The molecule has 0 amide bonds. The molecule has 0 aliphatic carbocycles. The zero-order chi connectivity index (χ0) is 12.5. The van der Waals surface area contributed by atoms with Crippen molar-refractivity contribution in [1.82, 2.24) is 0 Å². The number of esters is 1. The van der Waals surface area contributed by atoms with E-state index in [9.17, 15) is 4.79 Å². The maximum atomic E-state index is 10.7. The van der Waals surface area contributed by atoms with Crippen LogP contribution in [0.3, 0.4) is 0 Å². The van der Waals surface area contributed by atoms with Gasteiger partial charge >= 0.3 is 5.97 Å². The van der Waals surface area contributed by atoms with Gasteiger partial charge in [0.25, 0.3) is 0 Å². The minimum absolute atomic E-state index is 0.877. The normalized spacial score (nSPS) is 23.8. The first-order valence-corrected chi connectivity index (χ1v) is 2.28. The van der Waals surface area contributed by atoms with Crippen molar-refractivity contribution < 1.29 is 22.9 Å². The van der Waals surface area contributed by atoms with Gasteiger partial charge < -0.3 is 9.84 Å². The number of ether oxygens (including phenoxy) is 1. The van der Waals surface area contributed by atoms with Gasteiger partial charge in [-0.2, -0.15) is 0 Å². The molecule has 0 saturated heterocycles.